The van der Waals surface area contributed by atoms with Gasteiger partial charge in [0.2, 0.25) is 0 Å². The quantitative estimate of drug-likeness (QED) is 0.744. The Morgan fingerprint density at radius 3 is 2.73 bits per heavy atom. The normalized spacial score (nSPS) is 30.7. The van der Waals surface area contributed by atoms with Crippen molar-refractivity contribution in [1.82, 2.24) is 9.55 Å². The Morgan fingerprint density at radius 1 is 1.47 bits per heavy atom. The molecule has 1 N–H and O–H groups in total. The van der Waals surface area contributed by atoms with E-state index in [1.807, 2.05) is 10.8 Å². The second kappa shape index (κ2) is 3.93. The van der Waals surface area contributed by atoms with Crippen LogP contribution in [0, 0.1) is 16.6 Å². The average molecular weight is 224 g/mol. The maximum Gasteiger partial charge on any atom is 0.251 e. The van der Waals surface area contributed by atoms with E-state index in [4.69, 9.17) is 12.2 Å². The molecule has 1 saturated carbocycles. The van der Waals surface area contributed by atoms with Crippen LogP contribution in [0.25, 0.3) is 0 Å². The number of hydrogen-bond acceptors (Lipinski definition) is 2. The van der Waals surface area contributed by atoms with Gasteiger partial charge in [-0.2, -0.15) is 0 Å². The molecule has 3 unspecified atom stereocenters. The van der Waals surface area contributed by atoms with Gasteiger partial charge >= 0.3 is 0 Å². The Hall–Kier alpha value is -0.900. The van der Waals surface area contributed by atoms with Gasteiger partial charge in [0.1, 0.15) is 0 Å². The molecule has 1 heterocycles. The van der Waals surface area contributed by atoms with Crippen molar-refractivity contribution in [2.24, 2.45) is 11.8 Å². The summed E-state index contributed by atoms with van der Waals surface area (Å²) in [5, 5.41) is 0. The van der Waals surface area contributed by atoms with E-state index < -0.39 is 0 Å². The zero-order valence-electron chi connectivity index (χ0n) is 9.06. The average Bonchev–Trinajstić information content (AvgIpc) is 2.49. The van der Waals surface area contributed by atoms with Gasteiger partial charge in [0.25, 0.3) is 5.56 Å². The molecule has 3 nitrogen and oxygen atoms in total. The van der Waals surface area contributed by atoms with Gasteiger partial charge in [-0.15, -0.1) is 0 Å². The molecule has 2 rings (SSSR count). The molecule has 15 heavy (non-hydrogen) atoms. The molecule has 0 radical (unpaired) electrons. The van der Waals surface area contributed by atoms with Crippen molar-refractivity contribution in [3.63, 3.8) is 0 Å². The second-order valence-electron chi connectivity index (χ2n) is 4.50. The zero-order valence-corrected chi connectivity index (χ0v) is 9.88. The summed E-state index contributed by atoms with van der Waals surface area (Å²) in [6.07, 6.45) is 4.22. The Kier molecular flexibility index (Phi) is 2.78. The maximum absolute atomic E-state index is 11.1. The van der Waals surface area contributed by atoms with E-state index in [9.17, 15) is 4.79 Å². The van der Waals surface area contributed by atoms with Crippen LogP contribution in [0.4, 0.5) is 0 Å². The van der Waals surface area contributed by atoms with Crippen molar-refractivity contribution in [3.8, 4) is 0 Å². The lowest BCUT2D eigenvalue weighted by Gasteiger charge is -2.21. The first kappa shape index (κ1) is 10.6. The molecule has 0 spiro atoms. The Labute approximate surface area is 94.1 Å². The smallest absolute Gasteiger partial charge is 0.251 e. The van der Waals surface area contributed by atoms with Crippen LogP contribution in [-0.2, 0) is 0 Å². The lowest BCUT2D eigenvalue weighted by atomic mass is 9.98. The topological polar surface area (TPSA) is 37.8 Å². The third kappa shape index (κ3) is 1.91. The van der Waals surface area contributed by atoms with Crippen LogP contribution in [0.5, 0.6) is 0 Å². The number of rotatable bonds is 1. The summed E-state index contributed by atoms with van der Waals surface area (Å²) in [5.74, 6) is 1.37. The molecular formula is C11H16N2OS. The van der Waals surface area contributed by atoms with Crippen LogP contribution in [-0.4, -0.2) is 9.55 Å². The van der Waals surface area contributed by atoms with Gasteiger partial charge in [-0.1, -0.05) is 13.8 Å². The summed E-state index contributed by atoms with van der Waals surface area (Å²) in [5.41, 5.74) is -0.116. The van der Waals surface area contributed by atoms with Crippen LogP contribution in [0.3, 0.4) is 0 Å². The van der Waals surface area contributed by atoms with Crippen molar-refractivity contribution < 1.29 is 0 Å². The van der Waals surface area contributed by atoms with Crippen LogP contribution >= 0.6 is 12.2 Å². The lowest BCUT2D eigenvalue weighted by molar-refractivity contribution is 0.346. The summed E-state index contributed by atoms with van der Waals surface area (Å²) in [6, 6.07) is 2.00. The molecule has 0 amide bonds. The van der Waals surface area contributed by atoms with Crippen LogP contribution in [0.15, 0.2) is 17.1 Å². The summed E-state index contributed by atoms with van der Waals surface area (Å²) in [4.78, 5) is 13.7. The molecule has 0 aliphatic heterocycles. The van der Waals surface area contributed by atoms with E-state index in [2.05, 4.69) is 18.8 Å². The number of nitrogens with one attached hydrogen (secondary N) is 1. The molecule has 1 aromatic rings. The van der Waals surface area contributed by atoms with E-state index in [1.54, 1.807) is 6.07 Å². The van der Waals surface area contributed by atoms with Crippen molar-refractivity contribution in [1.29, 1.82) is 0 Å². The van der Waals surface area contributed by atoms with Gasteiger partial charge < -0.3 is 4.57 Å². The van der Waals surface area contributed by atoms with Gasteiger partial charge in [0, 0.05) is 18.3 Å². The number of aromatic nitrogens is 2. The minimum absolute atomic E-state index is 0.116. The van der Waals surface area contributed by atoms with E-state index in [0.717, 1.165) is 12.3 Å². The molecule has 82 valence electrons. The number of nitrogens with zero attached hydrogens (tertiary/aromatic N) is 1. The molecule has 1 aromatic heterocycles. The first-order valence-electron chi connectivity index (χ1n) is 5.41. The van der Waals surface area contributed by atoms with E-state index in [-0.39, 0.29) is 5.56 Å². The van der Waals surface area contributed by atoms with E-state index in [1.165, 1.54) is 6.42 Å². The van der Waals surface area contributed by atoms with Gasteiger partial charge in [-0.3, -0.25) is 9.78 Å². The third-order valence-electron chi connectivity index (χ3n) is 3.63. The third-order valence-corrected chi connectivity index (χ3v) is 3.94. The second-order valence-corrected chi connectivity index (χ2v) is 4.89. The largest absolute Gasteiger partial charge is 0.322 e. The van der Waals surface area contributed by atoms with Crippen molar-refractivity contribution >= 4 is 12.2 Å². The van der Waals surface area contributed by atoms with E-state index >= 15 is 0 Å². The molecule has 0 aromatic carbocycles. The van der Waals surface area contributed by atoms with Crippen molar-refractivity contribution in [3.05, 3.63) is 27.4 Å². The predicted molar refractivity (Wildman–Crippen MR) is 62.5 cm³/mol. The Balaban J connectivity index is 2.39. The highest BCUT2D eigenvalue weighted by Gasteiger charge is 2.30. The first-order chi connectivity index (χ1) is 7.09. The highest BCUT2D eigenvalue weighted by Crippen LogP contribution is 2.39. The minimum atomic E-state index is -0.116. The van der Waals surface area contributed by atoms with Crippen LogP contribution in [0.1, 0.15) is 32.7 Å². The molecular weight excluding hydrogens is 208 g/mol. The van der Waals surface area contributed by atoms with Gasteiger partial charge in [-0.05, 0) is 36.9 Å². The molecule has 1 aliphatic rings. The fraction of sp³-hybridized carbons (Fsp3) is 0.636. The SMILES string of the molecule is CC1CCC(n2ccc(=O)[nH]c2=S)C1C. The number of hydrogen-bond donors (Lipinski definition) is 1. The maximum atomic E-state index is 11.1. The number of aromatic amines is 1. The molecule has 0 bridgehead atoms. The number of H-pyrrole nitrogens is 1. The first-order valence-corrected chi connectivity index (χ1v) is 5.82. The minimum Gasteiger partial charge on any atom is -0.322 e. The predicted octanol–water partition coefficient (Wildman–Crippen LogP) is 2.51. The molecule has 1 aliphatic carbocycles. The van der Waals surface area contributed by atoms with E-state index in [0.29, 0.717) is 16.7 Å². The fourth-order valence-corrected chi connectivity index (χ4v) is 2.72. The van der Waals surface area contributed by atoms with Gasteiger partial charge in [-0.25, -0.2) is 0 Å². The zero-order chi connectivity index (χ0) is 11.0. The summed E-state index contributed by atoms with van der Waals surface area (Å²) in [6.45, 7) is 4.54. The summed E-state index contributed by atoms with van der Waals surface area (Å²) < 4.78 is 2.58. The van der Waals surface area contributed by atoms with Crippen LogP contribution < -0.4 is 5.56 Å². The highest BCUT2D eigenvalue weighted by atomic mass is 32.1. The Bertz CT molecular complexity index is 462. The summed E-state index contributed by atoms with van der Waals surface area (Å²) in [7, 11) is 0. The molecule has 3 atom stereocenters. The molecule has 1 fully saturated rings. The standard InChI is InChI=1S/C11H16N2OS/c1-7-3-4-9(8(7)2)13-6-5-10(14)12-11(13)15/h5-9H,3-4H2,1-2H3,(H,12,14,15). The Morgan fingerprint density at radius 2 is 2.20 bits per heavy atom. The molecule has 4 heteroatoms. The monoisotopic (exact) mass is 224 g/mol. The lowest BCUT2D eigenvalue weighted by Crippen LogP contribution is -2.19. The van der Waals surface area contributed by atoms with Crippen molar-refractivity contribution in [2.75, 3.05) is 0 Å². The molecule has 0 saturated heterocycles. The van der Waals surface area contributed by atoms with Crippen LogP contribution in [0.2, 0.25) is 0 Å². The summed E-state index contributed by atoms with van der Waals surface area (Å²) >= 11 is 5.18. The highest BCUT2D eigenvalue weighted by molar-refractivity contribution is 7.71. The van der Waals surface area contributed by atoms with Gasteiger partial charge in [0.05, 0.1) is 0 Å². The van der Waals surface area contributed by atoms with Crippen molar-refractivity contribution in [2.45, 2.75) is 32.7 Å². The van der Waals surface area contributed by atoms with Gasteiger partial charge in [0.15, 0.2) is 4.77 Å². The fourth-order valence-electron chi connectivity index (χ4n) is 2.42.